The molecule has 0 fully saturated rings. The van der Waals surface area contributed by atoms with Crippen molar-refractivity contribution in [3.8, 4) is 5.75 Å². The highest BCUT2D eigenvalue weighted by atomic mass is 35.5. The van der Waals surface area contributed by atoms with E-state index in [1.807, 2.05) is 20.8 Å². The second-order valence-corrected chi connectivity index (χ2v) is 11.8. The van der Waals surface area contributed by atoms with Crippen molar-refractivity contribution < 1.29 is 22.7 Å². The van der Waals surface area contributed by atoms with E-state index in [-0.39, 0.29) is 18.4 Å². The molecule has 2 amide bonds. The Hall–Kier alpha value is -2.49. The van der Waals surface area contributed by atoms with Gasteiger partial charge in [0.25, 0.3) is 0 Å². The van der Waals surface area contributed by atoms with E-state index < -0.39 is 28.5 Å². The number of ether oxygens (including phenoxy) is 1. The Balaban J connectivity index is 2.44. The third-order valence-electron chi connectivity index (χ3n) is 5.54. The van der Waals surface area contributed by atoms with Crippen molar-refractivity contribution in [3.63, 3.8) is 0 Å². The highest BCUT2D eigenvalue weighted by molar-refractivity contribution is 7.92. The summed E-state index contributed by atoms with van der Waals surface area (Å²) in [7, 11) is -3.83. The molecule has 0 bridgehead atoms. The molecule has 0 heterocycles. The second kappa shape index (κ2) is 13.9. The number of rotatable bonds is 13. The van der Waals surface area contributed by atoms with Crippen molar-refractivity contribution in [2.75, 3.05) is 30.3 Å². The summed E-state index contributed by atoms with van der Waals surface area (Å²) in [4.78, 5) is 28.2. The minimum Gasteiger partial charge on any atom is -0.494 e. The monoisotopic (exact) mass is 571 g/mol. The van der Waals surface area contributed by atoms with Crippen LogP contribution in [0.1, 0.15) is 39.7 Å². The lowest BCUT2D eigenvalue weighted by molar-refractivity contribution is -0.140. The topological polar surface area (TPSA) is 96.0 Å². The molecule has 0 radical (unpaired) electrons. The largest absolute Gasteiger partial charge is 0.494 e. The average Bonchev–Trinajstić information content (AvgIpc) is 2.82. The van der Waals surface area contributed by atoms with Gasteiger partial charge in [-0.25, -0.2) is 8.42 Å². The first-order valence-corrected chi connectivity index (χ1v) is 14.7. The van der Waals surface area contributed by atoms with Gasteiger partial charge in [0.2, 0.25) is 21.8 Å². The van der Waals surface area contributed by atoms with Gasteiger partial charge in [0.1, 0.15) is 18.3 Å². The van der Waals surface area contributed by atoms with Crippen LogP contribution in [0.15, 0.2) is 42.5 Å². The molecule has 0 aliphatic rings. The number of nitrogens with zero attached hydrogens (tertiary/aromatic N) is 2. The van der Waals surface area contributed by atoms with E-state index in [0.29, 0.717) is 46.6 Å². The summed E-state index contributed by atoms with van der Waals surface area (Å²) >= 11 is 12.4. The standard InChI is InChI=1S/C26H35Cl2N3O5S/c1-6-24(26(33)29-15-18(3)4)30(16-19-8-9-20(27)14-23(19)28)25(32)17-31(37(5,34)35)21-10-12-22(13-11-21)36-7-2/h8-14,18,24H,6-7,15-17H2,1-5H3,(H,29,33)/t24-/m1/s1. The van der Waals surface area contributed by atoms with Crippen molar-refractivity contribution in [1.82, 2.24) is 10.2 Å². The highest BCUT2D eigenvalue weighted by Crippen LogP contribution is 2.25. The minimum absolute atomic E-state index is 0.00329. The zero-order chi connectivity index (χ0) is 27.8. The highest BCUT2D eigenvalue weighted by Gasteiger charge is 2.32. The number of carbonyl (C=O) groups is 2. The smallest absolute Gasteiger partial charge is 0.244 e. The van der Waals surface area contributed by atoms with Gasteiger partial charge in [-0.2, -0.15) is 0 Å². The minimum atomic E-state index is -3.83. The zero-order valence-electron chi connectivity index (χ0n) is 21.8. The molecule has 0 saturated carbocycles. The number of amides is 2. The fourth-order valence-electron chi connectivity index (χ4n) is 3.66. The number of sulfonamides is 1. The first-order chi connectivity index (χ1) is 17.4. The molecule has 0 aliphatic carbocycles. The first kappa shape index (κ1) is 30.7. The zero-order valence-corrected chi connectivity index (χ0v) is 24.2. The van der Waals surface area contributed by atoms with Gasteiger partial charge in [-0.15, -0.1) is 0 Å². The van der Waals surface area contributed by atoms with Gasteiger partial charge in [0, 0.05) is 23.1 Å². The molecule has 11 heteroatoms. The molecule has 1 atom stereocenters. The summed E-state index contributed by atoms with van der Waals surface area (Å²) in [6.45, 7) is 8.00. The quantitative estimate of drug-likeness (QED) is 0.374. The summed E-state index contributed by atoms with van der Waals surface area (Å²) in [6, 6.07) is 10.5. The summed E-state index contributed by atoms with van der Waals surface area (Å²) in [5.74, 6) is -0.0620. The van der Waals surface area contributed by atoms with E-state index in [4.69, 9.17) is 27.9 Å². The van der Waals surface area contributed by atoms with Gasteiger partial charge in [-0.1, -0.05) is 50.0 Å². The Labute approximate surface area is 229 Å². The Morgan fingerprint density at radius 1 is 1.05 bits per heavy atom. The molecule has 0 aliphatic heterocycles. The normalized spacial score (nSPS) is 12.2. The predicted octanol–water partition coefficient (Wildman–Crippen LogP) is 4.74. The molecular weight excluding hydrogens is 537 g/mol. The molecule has 8 nitrogen and oxygen atoms in total. The first-order valence-electron chi connectivity index (χ1n) is 12.1. The number of anilines is 1. The van der Waals surface area contributed by atoms with E-state index in [1.54, 1.807) is 49.4 Å². The molecule has 0 spiro atoms. The fraction of sp³-hybridized carbons (Fsp3) is 0.462. The Bertz CT molecular complexity index is 1170. The molecule has 37 heavy (non-hydrogen) atoms. The van der Waals surface area contributed by atoms with E-state index in [9.17, 15) is 18.0 Å². The van der Waals surface area contributed by atoms with Crippen molar-refractivity contribution in [1.29, 1.82) is 0 Å². The number of benzene rings is 2. The van der Waals surface area contributed by atoms with Crippen LogP contribution < -0.4 is 14.4 Å². The third kappa shape index (κ3) is 9.09. The van der Waals surface area contributed by atoms with Gasteiger partial charge in [0.15, 0.2) is 0 Å². The molecule has 2 aromatic carbocycles. The van der Waals surface area contributed by atoms with Crippen LogP contribution in [0.2, 0.25) is 10.0 Å². The molecule has 1 N–H and O–H groups in total. The number of hydrogen-bond donors (Lipinski definition) is 1. The summed E-state index contributed by atoms with van der Waals surface area (Å²) in [5, 5.41) is 3.66. The van der Waals surface area contributed by atoms with Gasteiger partial charge >= 0.3 is 0 Å². The molecule has 0 aromatic heterocycles. The maximum absolute atomic E-state index is 13.7. The van der Waals surface area contributed by atoms with Crippen LogP contribution in [0.25, 0.3) is 0 Å². The lowest BCUT2D eigenvalue weighted by atomic mass is 10.1. The molecule has 0 saturated heterocycles. The molecule has 2 aromatic rings. The van der Waals surface area contributed by atoms with Gasteiger partial charge in [0.05, 0.1) is 18.6 Å². The van der Waals surface area contributed by atoms with Crippen LogP contribution in [0.3, 0.4) is 0 Å². The Morgan fingerprint density at radius 3 is 2.22 bits per heavy atom. The second-order valence-electron chi connectivity index (χ2n) is 9.02. The van der Waals surface area contributed by atoms with E-state index >= 15 is 0 Å². The Kier molecular flexibility index (Phi) is 11.5. The molecule has 2 rings (SSSR count). The van der Waals surface area contributed by atoms with Crippen molar-refractivity contribution in [2.45, 2.75) is 46.7 Å². The van der Waals surface area contributed by atoms with Crippen LogP contribution >= 0.6 is 23.2 Å². The number of carbonyl (C=O) groups excluding carboxylic acids is 2. The molecule has 0 unspecified atom stereocenters. The van der Waals surface area contributed by atoms with Gasteiger partial charge < -0.3 is 15.0 Å². The van der Waals surface area contributed by atoms with Crippen LogP contribution in [0.4, 0.5) is 5.69 Å². The maximum Gasteiger partial charge on any atom is 0.244 e. The van der Waals surface area contributed by atoms with Gasteiger partial charge in [-0.05, 0) is 61.2 Å². The lowest BCUT2D eigenvalue weighted by Crippen LogP contribution is -2.52. The average molecular weight is 573 g/mol. The Morgan fingerprint density at radius 2 is 1.70 bits per heavy atom. The number of nitrogens with one attached hydrogen (secondary N) is 1. The van der Waals surface area contributed by atoms with E-state index in [1.165, 1.54) is 4.90 Å². The van der Waals surface area contributed by atoms with Crippen LogP contribution in [-0.4, -0.2) is 57.1 Å². The van der Waals surface area contributed by atoms with Crippen molar-refractivity contribution in [2.24, 2.45) is 5.92 Å². The van der Waals surface area contributed by atoms with E-state index in [0.717, 1.165) is 10.6 Å². The maximum atomic E-state index is 13.7. The fourth-order valence-corrected chi connectivity index (χ4v) is 4.98. The number of halogens is 2. The third-order valence-corrected chi connectivity index (χ3v) is 7.27. The lowest BCUT2D eigenvalue weighted by Gasteiger charge is -2.33. The van der Waals surface area contributed by atoms with Gasteiger partial charge in [-0.3, -0.25) is 13.9 Å². The van der Waals surface area contributed by atoms with Crippen LogP contribution in [0, 0.1) is 5.92 Å². The predicted molar refractivity (Wildman–Crippen MR) is 149 cm³/mol. The van der Waals surface area contributed by atoms with Crippen LogP contribution in [0.5, 0.6) is 5.75 Å². The van der Waals surface area contributed by atoms with Crippen molar-refractivity contribution >= 4 is 50.7 Å². The van der Waals surface area contributed by atoms with E-state index in [2.05, 4.69) is 5.32 Å². The SMILES string of the molecule is CCOc1ccc(N(CC(=O)N(Cc2ccc(Cl)cc2Cl)[C@H](CC)C(=O)NCC(C)C)S(C)(=O)=O)cc1. The van der Waals surface area contributed by atoms with Crippen molar-refractivity contribution in [3.05, 3.63) is 58.1 Å². The van der Waals surface area contributed by atoms with Crippen LogP contribution in [-0.2, 0) is 26.2 Å². The molecule has 204 valence electrons. The number of hydrogen-bond acceptors (Lipinski definition) is 5. The summed E-state index contributed by atoms with van der Waals surface area (Å²) in [6.07, 6.45) is 1.35. The summed E-state index contributed by atoms with van der Waals surface area (Å²) < 4.78 is 31.9. The molecular formula is C26H35Cl2N3O5S. The summed E-state index contributed by atoms with van der Waals surface area (Å²) in [5.41, 5.74) is 0.891.